The van der Waals surface area contributed by atoms with Crippen LogP contribution in [0.15, 0.2) is 36.4 Å². The van der Waals surface area contributed by atoms with Gasteiger partial charge in [0.25, 0.3) is 0 Å². The van der Waals surface area contributed by atoms with Gasteiger partial charge in [0.1, 0.15) is 5.82 Å². The number of carbonyl (C=O) groups excluding carboxylic acids is 1. The van der Waals surface area contributed by atoms with Crippen molar-refractivity contribution in [2.75, 3.05) is 11.9 Å². The summed E-state index contributed by atoms with van der Waals surface area (Å²) < 4.78 is 1.75. The Labute approximate surface area is 133 Å². The molecule has 7 heteroatoms. The first-order valence-electron chi connectivity index (χ1n) is 7.51. The number of fused-ring (bicyclic) bond motifs is 1. The second kappa shape index (κ2) is 6.43. The van der Waals surface area contributed by atoms with E-state index in [9.17, 15) is 4.79 Å². The van der Waals surface area contributed by atoms with E-state index >= 15 is 0 Å². The molecule has 0 aliphatic rings. The minimum Gasteiger partial charge on any atom is -0.368 e. The summed E-state index contributed by atoms with van der Waals surface area (Å²) in [6.45, 7) is 2.72. The predicted molar refractivity (Wildman–Crippen MR) is 87.3 cm³/mol. The second-order valence-electron chi connectivity index (χ2n) is 5.20. The van der Waals surface area contributed by atoms with Crippen molar-refractivity contribution in [1.82, 2.24) is 19.8 Å². The highest BCUT2D eigenvalue weighted by atomic mass is 16.1. The van der Waals surface area contributed by atoms with Crippen LogP contribution in [-0.2, 0) is 12.8 Å². The maximum absolute atomic E-state index is 11.2. The van der Waals surface area contributed by atoms with E-state index in [-0.39, 0.29) is 0 Å². The first-order valence-corrected chi connectivity index (χ1v) is 7.51. The van der Waals surface area contributed by atoms with Crippen LogP contribution in [0.25, 0.3) is 5.65 Å². The van der Waals surface area contributed by atoms with Gasteiger partial charge in [0.2, 0.25) is 5.91 Å². The zero-order valence-electron chi connectivity index (χ0n) is 12.9. The normalized spacial score (nSPS) is 10.8. The molecule has 0 atom stereocenters. The van der Waals surface area contributed by atoms with Crippen molar-refractivity contribution in [1.29, 1.82) is 0 Å². The SMILES string of the molecule is CCc1nnc2ccc(NCCc3cccc(C(N)=O)c3)nn12. The lowest BCUT2D eigenvalue weighted by Crippen LogP contribution is -2.12. The van der Waals surface area contributed by atoms with Gasteiger partial charge < -0.3 is 11.1 Å². The molecule has 0 fully saturated rings. The van der Waals surface area contributed by atoms with E-state index in [1.165, 1.54) is 0 Å². The Kier molecular flexibility index (Phi) is 4.18. The molecule has 7 nitrogen and oxygen atoms in total. The third-order valence-corrected chi connectivity index (χ3v) is 3.57. The van der Waals surface area contributed by atoms with Crippen LogP contribution in [0.2, 0.25) is 0 Å². The molecule has 0 saturated carbocycles. The summed E-state index contributed by atoms with van der Waals surface area (Å²) in [4.78, 5) is 11.2. The van der Waals surface area contributed by atoms with Gasteiger partial charge in [-0.2, -0.15) is 4.52 Å². The van der Waals surface area contributed by atoms with Crippen molar-refractivity contribution in [3.05, 3.63) is 53.3 Å². The number of hydrogen-bond acceptors (Lipinski definition) is 5. The van der Waals surface area contributed by atoms with Gasteiger partial charge in [0.15, 0.2) is 11.5 Å². The lowest BCUT2D eigenvalue weighted by atomic mass is 10.1. The smallest absolute Gasteiger partial charge is 0.248 e. The Morgan fingerprint density at radius 3 is 2.91 bits per heavy atom. The molecule has 0 unspecified atom stereocenters. The molecule has 23 heavy (non-hydrogen) atoms. The summed E-state index contributed by atoms with van der Waals surface area (Å²) in [6, 6.07) is 11.1. The molecule has 0 bridgehead atoms. The van der Waals surface area contributed by atoms with Crippen molar-refractivity contribution < 1.29 is 4.79 Å². The summed E-state index contributed by atoms with van der Waals surface area (Å²) in [5.41, 5.74) is 7.61. The first kappa shape index (κ1) is 15.0. The number of primary amides is 1. The van der Waals surface area contributed by atoms with E-state index in [4.69, 9.17) is 5.73 Å². The number of anilines is 1. The average Bonchev–Trinajstić information content (AvgIpc) is 2.97. The number of rotatable bonds is 6. The summed E-state index contributed by atoms with van der Waals surface area (Å²) in [7, 11) is 0. The van der Waals surface area contributed by atoms with E-state index < -0.39 is 5.91 Å². The fourth-order valence-electron chi connectivity index (χ4n) is 2.36. The number of nitrogens with two attached hydrogens (primary N) is 1. The molecule has 0 aliphatic heterocycles. The minimum absolute atomic E-state index is 0.411. The fraction of sp³-hybridized carbons (Fsp3) is 0.250. The summed E-state index contributed by atoms with van der Waals surface area (Å²) in [5.74, 6) is 1.18. The van der Waals surface area contributed by atoms with Gasteiger partial charge in [-0.3, -0.25) is 4.79 Å². The predicted octanol–water partition coefficient (Wildman–Crippen LogP) is 1.44. The number of nitrogens with zero attached hydrogens (tertiary/aromatic N) is 4. The Hall–Kier alpha value is -2.96. The molecule has 2 aromatic heterocycles. The van der Waals surface area contributed by atoms with E-state index in [0.717, 1.165) is 35.7 Å². The molecule has 0 saturated heterocycles. The van der Waals surface area contributed by atoms with E-state index in [0.29, 0.717) is 12.1 Å². The molecule has 3 N–H and O–H groups in total. The Morgan fingerprint density at radius 1 is 1.26 bits per heavy atom. The van der Waals surface area contributed by atoms with Gasteiger partial charge >= 0.3 is 0 Å². The average molecular weight is 310 g/mol. The van der Waals surface area contributed by atoms with Crippen LogP contribution in [-0.4, -0.2) is 32.3 Å². The third kappa shape index (κ3) is 3.28. The lowest BCUT2D eigenvalue weighted by molar-refractivity contribution is 0.1000. The zero-order chi connectivity index (χ0) is 16.2. The third-order valence-electron chi connectivity index (χ3n) is 3.57. The van der Waals surface area contributed by atoms with Crippen molar-refractivity contribution in [3.8, 4) is 0 Å². The first-order chi connectivity index (χ1) is 11.2. The summed E-state index contributed by atoms with van der Waals surface area (Å²) in [6.07, 6.45) is 1.54. The maximum atomic E-state index is 11.2. The van der Waals surface area contributed by atoms with Crippen LogP contribution in [0.5, 0.6) is 0 Å². The highest BCUT2D eigenvalue weighted by molar-refractivity contribution is 5.92. The van der Waals surface area contributed by atoms with Gasteiger partial charge in [-0.05, 0) is 36.2 Å². The molecule has 0 radical (unpaired) electrons. The zero-order valence-corrected chi connectivity index (χ0v) is 12.9. The minimum atomic E-state index is -0.411. The van der Waals surface area contributed by atoms with Gasteiger partial charge in [-0.1, -0.05) is 19.1 Å². The highest BCUT2D eigenvalue weighted by Crippen LogP contribution is 2.09. The topological polar surface area (TPSA) is 98.2 Å². The molecule has 3 aromatic rings. The summed E-state index contributed by atoms with van der Waals surface area (Å²) in [5, 5.41) is 15.9. The number of aryl methyl sites for hydroxylation is 1. The summed E-state index contributed by atoms with van der Waals surface area (Å²) >= 11 is 0. The van der Waals surface area contributed by atoms with Gasteiger partial charge in [-0.25, -0.2) is 0 Å². The monoisotopic (exact) mass is 310 g/mol. The van der Waals surface area contributed by atoms with E-state index in [2.05, 4.69) is 20.6 Å². The number of aromatic nitrogens is 4. The molecule has 0 spiro atoms. The molecule has 3 rings (SSSR count). The fourth-order valence-corrected chi connectivity index (χ4v) is 2.36. The Balaban J connectivity index is 1.66. The number of hydrogen-bond donors (Lipinski definition) is 2. The number of amides is 1. The number of carbonyl (C=O) groups is 1. The van der Waals surface area contributed by atoms with Crippen molar-refractivity contribution >= 4 is 17.4 Å². The molecule has 1 aromatic carbocycles. The molecule has 0 aliphatic carbocycles. The van der Waals surface area contributed by atoms with Crippen molar-refractivity contribution in [3.63, 3.8) is 0 Å². The highest BCUT2D eigenvalue weighted by Gasteiger charge is 2.06. The van der Waals surface area contributed by atoms with E-state index in [1.54, 1.807) is 10.6 Å². The molecule has 118 valence electrons. The van der Waals surface area contributed by atoms with Gasteiger partial charge in [0.05, 0.1) is 0 Å². The van der Waals surface area contributed by atoms with Crippen LogP contribution >= 0.6 is 0 Å². The number of benzene rings is 1. The lowest BCUT2D eigenvalue weighted by Gasteiger charge is -2.07. The van der Waals surface area contributed by atoms with Crippen LogP contribution in [0.1, 0.15) is 28.7 Å². The van der Waals surface area contributed by atoms with Crippen molar-refractivity contribution in [2.24, 2.45) is 5.73 Å². The quantitative estimate of drug-likeness (QED) is 0.718. The van der Waals surface area contributed by atoms with Crippen LogP contribution < -0.4 is 11.1 Å². The van der Waals surface area contributed by atoms with Gasteiger partial charge in [-0.15, -0.1) is 15.3 Å². The molecular weight excluding hydrogens is 292 g/mol. The second-order valence-corrected chi connectivity index (χ2v) is 5.20. The molecule has 1 amide bonds. The largest absolute Gasteiger partial charge is 0.368 e. The van der Waals surface area contributed by atoms with E-state index in [1.807, 2.05) is 37.3 Å². The van der Waals surface area contributed by atoms with Crippen LogP contribution in [0.4, 0.5) is 5.82 Å². The molecule has 2 heterocycles. The Bertz CT molecular complexity index is 841. The Morgan fingerprint density at radius 2 is 2.13 bits per heavy atom. The van der Waals surface area contributed by atoms with Crippen LogP contribution in [0.3, 0.4) is 0 Å². The number of nitrogens with one attached hydrogen (secondary N) is 1. The van der Waals surface area contributed by atoms with Crippen molar-refractivity contribution in [2.45, 2.75) is 19.8 Å². The standard InChI is InChI=1S/C16H18N6O/c1-2-14-19-20-15-7-6-13(21-22(14)15)18-9-8-11-4-3-5-12(10-11)16(17)23/h3-7,10H,2,8-9H2,1H3,(H2,17,23)(H,18,21). The maximum Gasteiger partial charge on any atom is 0.248 e. The van der Waals surface area contributed by atoms with Gasteiger partial charge in [0, 0.05) is 18.5 Å². The molecular formula is C16H18N6O. The van der Waals surface area contributed by atoms with Crippen LogP contribution in [0, 0.1) is 0 Å².